The van der Waals surface area contributed by atoms with E-state index in [-0.39, 0.29) is 11.7 Å². The van der Waals surface area contributed by atoms with Crippen molar-refractivity contribution >= 4 is 17.5 Å². The van der Waals surface area contributed by atoms with Gasteiger partial charge >= 0.3 is 0 Å². The maximum atomic E-state index is 13.1. The Morgan fingerprint density at radius 1 is 0.952 bits per heavy atom. The number of hydrogen-bond acceptors (Lipinski definition) is 4. The van der Waals surface area contributed by atoms with Gasteiger partial charge in [0.15, 0.2) is 0 Å². The molecule has 1 amide bonds. The number of likely N-dealkylation sites (N-methyl/N-ethyl adjacent to an activating group) is 1. The molecule has 0 aromatic heterocycles. The SMILES string of the molecule is CN1CCN(C(=O)[C@]23CC[C@@](C)(C(=O)C2=O)C3(C)C)CC1. The summed E-state index contributed by atoms with van der Waals surface area (Å²) in [6.45, 7) is 8.65. The highest BCUT2D eigenvalue weighted by molar-refractivity contribution is 6.48. The van der Waals surface area contributed by atoms with E-state index in [4.69, 9.17) is 0 Å². The van der Waals surface area contributed by atoms with Crippen molar-refractivity contribution in [2.75, 3.05) is 33.2 Å². The van der Waals surface area contributed by atoms with Gasteiger partial charge in [-0.05, 0) is 25.3 Å². The van der Waals surface area contributed by atoms with Gasteiger partial charge in [-0.15, -0.1) is 0 Å². The molecule has 2 aliphatic carbocycles. The molecule has 3 fully saturated rings. The summed E-state index contributed by atoms with van der Waals surface area (Å²) in [5, 5.41) is 0. The second-order valence-electron chi connectivity index (χ2n) is 7.62. The van der Waals surface area contributed by atoms with Gasteiger partial charge in [-0.3, -0.25) is 14.4 Å². The van der Waals surface area contributed by atoms with Crippen LogP contribution in [0.3, 0.4) is 0 Å². The van der Waals surface area contributed by atoms with Gasteiger partial charge in [-0.1, -0.05) is 20.8 Å². The fourth-order valence-corrected chi connectivity index (χ4v) is 4.52. The topological polar surface area (TPSA) is 57.7 Å². The number of rotatable bonds is 1. The molecular formula is C16H24N2O3. The van der Waals surface area contributed by atoms with Gasteiger partial charge in [0.25, 0.3) is 0 Å². The minimum atomic E-state index is -1.12. The minimum Gasteiger partial charge on any atom is -0.339 e. The van der Waals surface area contributed by atoms with Gasteiger partial charge in [-0.2, -0.15) is 0 Å². The molecule has 0 spiro atoms. The number of hydrogen-bond donors (Lipinski definition) is 0. The summed E-state index contributed by atoms with van der Waals surface area (Å²) >= 11 is 0. The van der Waals surface area contributed by atoms with E-state index in [1.54, 1.807) is 4.90 Å². The predicted octanol–water partition coefficient (Wildman–Crippen LogP) is 0.725. The summed E-state index contributed by atoms with van der Waals surface area (Å²) < 4.78 is 0. The van der Waals surface area contributed by atoms with Gasteiger partial charge < -0.3 is 9.80 Å². The molecule has 5 heteroatoms. The van der Waals surface area contributed by atoms with Crippen molar-refractivity contribution in [3.63, 3.8) is 0 Å². The third-order valence-electron chi connectivity index (χ3n) is 6.70. The molecule has 2 atom stereocenters. The number of fused-ring (bicyclic) bond motifs is 2. The Hall–Kier alpha value is -1.23. The highest BCUT2D eigenvalue weighted by atomic mass is 16.2. The molecule has 1 saturated heterocycles. The van der Waals surface area contributed by atoms with Crippen molar-refractivity contribution in [1.29, 1.82) is 0 Å². The fraction of sp³-hybridized carbons (Fsp3) is 0.812. The van der Waals surface area contributed by atoms with E-state index < -0.39 is 22.0 Å². The van der Waals surface area contributed by atoms with Crippen molar-refractivity contribution in [1.82, 2.24) is 9.80 Å². The Morgan fingerprint density at radius 3 is 2.00 bits per heavy atom. The van der Waals surface area contributed by atoms with Crippen LogP contribution in [0, 0.1) is 16.2 Å². The molecule has 0 unspecified atom stereocenters. The van der Waals surface area contributed by atoms with Crippen molar-refractivity contribution in [3.8, 4) is 0 Å². The van der Waals surface area contributed by atoms with Gasteiger partial charge in [0.2, 0.25) is 17.5 Å². The first kappa shape index (κ1) is 14.7. The first-order valence-electron chi connectivity index (χ1n) is 7.76. The summed E-state index contributed by atoms with van der Waals surface area (Å²) in [7, 11) is 2.03. The molecule has 1 aliphatic heterocycles. The number of piperazine rings is 1. The molecule has 116 valence electrons. The third kappa shape index (κ3) is 1.48. The summed E-state index contributed by atoms with van der Waals surface area (Å²) in [6.07, 6.45) is 1.16. The molecule has 0 N–H and O–H groups in total. The van der Waals surface area contributed by atoms with E-state index in [2.05, 4.69) is 4.90 Å². The number of ketones is 2. The van der Waals surface area contributed by atoms with Crippen LogP contribution in [0.4, 0.5) is 0 Å². The van der Waals surface area contributed by atoms with Crippen LogP contribution in [0.2, 0.25) is 0 Å². The average Bonchev–Trinajstić information content (AvgIpc) is 2.71. The third-order valence-corrected chi connectivity index (χ3v) is 6.70. The number of carbonyl (C=O) groups is 3. The molecular weight excluding hydrogens is 268 g/mol. The average molecular weight is 292 g/mol. The highest BCUT2D eigenvalue weighted by Gasteiger charge is 2.78. The lowest BCUT2D eigenvalue weighted by Gasteiger charge is -2.42. The van der Waals surface area contributed by atoms with Crippen LogP contribution in [-0.4, -0.2) is 60.5 Å². The van der Waals surface area contributed by atoms with Crippen molar-refractivity contribution in [3.05, 3.63) is 0 Å². The second kappa shape index (κ2) is 4.15. The van der Waals surface area contributed by atoms with Crippen LogP contribution in [0.25, 0.3) is 0 Å². The second-order valence-corrected chi connectivity index (χ2v) is 7.62. The molecule has 1 heterocycles. The van der Waals surface area contributed by atoms with Crippen molar-refractivity contribution < 1.29 is 14.4 Å². The molecule has 21 heavy (non-hydrogen) atoms. The fourth-order valence-electron chi connectivity index (χ4n) is 4.52. The van der Waals surface area contributed by atoms with Crippen LogP contribution in [0.15, 0.2) is 0 Å². The maximum Gasteiger partial charge on any atom is 0.237 e. The van der Waals surface area contributed by atoms with E-state index in [9.17, 15) is 14.4 Å². The zero-order valence-electron chi connectivity index (χ0n) is 13.4. The lowest BCUT2D eigenvalue weighted by molar-refractivity contribution is -0.156. The van der Waals surface area contributed by atoms with Crippen LogP contribution in [0.1, 0.15) is 33.6 Å². The summed E-state index contributed by atoms with van der Waals surface area (Å²) in [5.74, 6) is -0.883. The summed E-state index contributed by atoms with van der Waals surface area (Å²) in [4.78, 5) is 42.2. The standard InChI is InChI=1S/C16H24N2O3/c1-14(2)15(3)5-6-16(14,12(20)11(15)19)13(21)18-9-7-17(4)8-10-18/h5-10H2,1-4H3/t15-,16-/m0/s1. The largest absolute Gasteiger partial charge is 0.339 e. The van der Waals surface area contributed by atoms with Crippen LogP contribution in [-0.2, 0) is 14.4 Å². The predicted molar refractivity (Wildman–Crippen MR) is 77.6 cm³/mol. The zero-order chi connectivity index (χ0) is 15.6. The lowest BCUT2D eigenvalue weighted by atomic mass is 9.64. The molecule has 5 nitrogen and oxygen atoms in total. The van der Waals surface area contributed by atoms with Gasteiger partial charge in [-0.25, -0.2) is 0 Å². The maximum absolute atomic E-state index is 13.1. The van der Waals surface area contributed by atoms with E-state index in [1.165, 1.54) is 0 Å². The summed E-state index contributed by atoms with van der Waals surface area (Å²) in [5.41, 5.74) is -2.38. The zero-order valence-corrected chi connectivity index (χ0v) is 13.4. The smallest absolute Gasteiger partial charge is 0.237 e. The number of amides is 1. The first-order valence-corrected chi connectivity index (χ1v) is 7.76. The minimum absolute atomic E-state index is 0.111. The Labute approximate surface area is 125 Å². The van der Waals surface area contributed by atoms with Gasteiger partial charge in [0.1, 0.15) is 5.41 Å². The van der Waals surface area contributed by atoms with E-state index in [0.29, 0.717) is 25.9 Å². The van der Waals surface area contributed by atoms with E-state index >= 15 is 0 Å². The Kier molecular flexibility index (Phi) is 2.91. The Morgan fingerprint density at radius 2 is 1.52 bits per heavy atom. The first-order chi connectivity index (χ1) is 9.68. The normalized spacial score (nSPS) is 39.1. The van der Waals surface area contributed by atoms with E-state index in [1.807, 2.05) is 27.8 Å². The van der Waals surface area contributed by atoms with Crippen molar-refractivity contribution in [2.45, 2.75) is 33.6 Å². The van der Waals surface area contributed by atoms with Crippen LogP contribution >= 0.6 is 0 Å². The van der Waals surface area contributed by atoms with Crippen molar-refractivity contribution in [2.24, 2.45) is 16.2 Å². The van der Waals surface area contributed by atoms with E-state index in [0.717, 1.165) is 13.1 Å². The summed E-state index contributed by atoms with van der Waals surface area (Å²) in [6, 6.07) is 0. The number of nitrogens with zero attached hydrogens (tertiary/aromatic N) is 2. The molecule has 0 aromatic carbocycles. The molecule has 3 aliphatic rings. The van der Waals surface area contributed by atoms with Crippen LogP contribution < -0.4 is 0 Å². The lowest BCUT2D eigenvalue weighted by Crippen LogP contribution is -2.56. The van der Waals surface area contributed by atoms with Gasteiger partial charge in [0.05, 0.1) is 0 Å². The monoisotopic (exact) mass is 292 g/mol. The number of Topliss-reactive ketones (excluding diaryl/α,β-unsaturated/α-hetero) is 2. The molecule has 0 aromatic rings. The molecule has 0 radical (unpaired) electrons. The highest BCUT2D eigenvalue weighted by Crippen LogP contribution is 2.69. The Bertz CT molecular complexity index is 534. The Balaban J connectivity index is 1.99. The van der Waals surface area contributed by atoms with Gasteiger partial charge in [0, 0.05) is 31.6 Å². The molecule has 2 saturated carbocycles. The molecule has 2 bridgehead atoms. The van der Waals surface area contributed by atoms with Crippen LogP contribution in [0.5, 0.6) is 0 Å². The molecule has 3 rings (SSSR count). The number of carbonyl (C=O) groups excluding carboxylic acids is 3. The quantitative estimate of drug-likeness (QED) is 0.528.